The zero-order valence-corrected chi connectivity index (χ0v) is 32.4. The highest BCUT2D eigenvalue weighted by molar-refractivity contribution is 6.09. The fourth-order valence-corrected chi connectivity index (χ4v) is 9.58. The molecule has 1 atom stereocenters. The quantitative estimate of drug-likeness (QED) is 0.135. The lowest BCUT2D eigenvalue weighted by Crippen LogP contribution is -2.43. The molecule has 3 aliphatic rings. The van der Waals surface area contributed by atoms with Gasteiger partial charge in [-0.2, -0.15) is 0 Å². The van der Waals surface area contributed by atoms with Gasteiger partial charge < -0.3 is 14.6 Å². The normalized spacial score (nSPS) is 16.7. The Kier molecular flexibility index (Phi) is 7.88. The number of nitrogens with zero attached hydrogens (tertiary/aromatic N) is 3. The predicted molar refractivity (Wildman–Crippen MR) is 241 cm³/mol. The maximum atomic E-state index is 15.0. The van der Waals surface area contributed by atoms with Crippen LogP contribution in [0.25, 0.3) is 50.0 Å². The molecule has 0 aliphatic carbocycles. The van der Waals surface area contributed by atoms with Crippen LogP contribution in [0.3, 0.4) is 0 Å². The zero-order chi connectivity index (χ0) is 39.7. The van der Waals surface area contributed by atoms with E-state index in [9.17, 15) is 0 Å². The number of hydrogen-bond donors (Lipinski definition) is 1. The molecule has 1 N–H and O–H groups in total. The second-order valence-electron chi connectivity index (χ2n) is 15.1. The van der Waals surface area contributed by atoms with Crippen LogP contribution in [-0.4, -0.2) is 17.8 Å². The van der Waals surface area contributed by atoms with Gasteiger partial charge in [-0.1, -0.05) is 133 Å². The van der Waals surface area contributed by atoms with E-state index in [1.807, 2.05) is 72.2 Å². The number of hydrogen-bond acceptors (Lipinski definition) is 5. The predicted octanol–water partition coefficient (Wildman–Crippen LogP) is 11.8. The van der Waals surface area contributed by atoms with Gasteiger partial charge in [0, 0.05) is 22.0 Å². The average molecular weight is 763 g/mol. The minimum absolute atomic E-state index is 0.175. The molecule has 2 aromatic heterocycles. The van der Waals surface area contributed by atoms with Gasteiger partial charge in [0.25, 0.3) is 5.56 Å². The van der Waals surface area contributed by atoms with Crippen molar-refractivity contribution in [2.24, 2.45) is 4.99 Å². The highest BCUT2D eigenvalue weighted by Crippen LogP contribution is 2.61. The molecule has 6 nitrogen and oxygen atoms in total. The molecular formula is C53H38N4O2. The first kappa shape index (κ1) is 34.5. The number of rotatable bonds is 6. The summed E-state index contributed by atoms with van der Waals surface area (Å²) in [5.41, 5.74) is 13.5. The minimum atomic E-state index is -0.811. The lowest BCUT2D eigenvalue weighted by molar-refractivity contribution is 0.622. The molecule has 0 bridgehead atoms. The van der Waals surface area contributed by atoms with Gasteiger partial charge in [0.1, 0.15) is 5.76 Å². The lowest BCUT2D eigenvalue weighted by atomic mass is 9.60. The molecule has 0 saturated carbocycles. The molecule has 0 fully saturated rings. The largest absolute Gasteiger partial charge is 0.450 e. The van der Waals surface area contributed by atoms with Crippen LogP contribution in [-0.2, 0) is 5.41 Å². The van der Waals surface area contributed by atoms with E-state index in [1.165, 1.54) is 0 Å². The number of anilines is 2. The fraction of sp³-hybridized carbons (Fsp3) is 0.0566. The first-order chi connectivity index (χ1) is 29.1. The number of para-hydroxylation sites is 3. The Hall–Kier alpha value is -7.70. The van der Waals surface area contributed by atoms with E-state index >= 15 is 4.79 Å². The summed E-state index contributed by atoms with van der Waals surface area (Å²) in [5, 5.41) is 5.42. The van der Waals surface area contributed by atoms with E-state index in [0.29, 0.717) is 17.9 Å². The Morgan fingerprint density at radius 2 is 1.37 bits per heavy atom. The summed E-state index contributed by atoms with van der Waals surface area (Å²) >= 11 is 0. The number of benzene rings is 6. The van der Waals surface area contributed by atoms with E-state index in [4.69, 9.17) is 4.42 Å². The van der Waals surface area contributed by atoms with Crippen molar-refractivity contribution in [1.29, 1.82) is 0 Å². The van der Waals surface area contributed by atoms with Crippen molar-refractivity contribution in [3.63, 3.8) is 0 Å². The van der Waals surface area contributed by atoms with E-state index < -0.39 is 5.41 Å². The average Bonchev–Trinajstić information content (AvgIpc) is 3.76. The number of allylic oxidation sites excluding steroid dienone is 5. The molecule has 59 heavy (non-hydrogen) atoms. The third-order valence-electron chi connectivity index (χ3n) is 12.1. The molecule has 0 amide bonds. The minimum Gasteiger partial charge on any atom is -0.450 e. The first-order valence-electron chi connectivity index (χ1n) is 19.9. The second kappa shape index (κ2) is 13.5. The van der Waals surface area contributed by atoms with Crippen molar-refractivity contribution in [3.8, 4) is 28.1 Å². The van der Waals surface area contributed by atoms with Crippen LogP contribution in [0.1, 0.15) is 29.2 Å². The molecule has 3 aliphatic heterocycles. The molecule has 1 unspecified atom stereocenters. The number of pyridine rings is 1. The van der Waals surface area contributed by atoms with Crippen molar-refractivity contribution in [2.75, 3.05) is 11.4 Å². The maximum absolute atomic E-state index is 15.0. The number of aliphatic imine (C=N–C) groups is 1. The Morgan fingerprint density at radius 3 is 2.10 bits per heavy atom. The number of dihydropyridines is 1. The van der Waals surface area contributed by atoms with Crippen molar-refractivity contribution in [3.05, 3.63) is 232 Å². The van der Waals surface area contributed by atoms with Gasteiger partial charge >= 0.3 is 0 Å². The SMILES string of the molecule is C=N/C(=C\C=C/C)C1=CC=C(N2c3ccccc3C3(c4cc(-c5ccccc5)ccc42)c2ccccc2-n2c(=O)c4oc(-c5ccccc5)cc4c4cccc3c42)CN1. The highest BCUT2D eigenvalue weighted by Gasteiger charge is 2.51. The molecule has 0 radical (unpaired) electrons. The highest BCUT2D eigenvalue weighted by atomic mass is 16.3. The molecule has 6 aromatic carbocycles. The van der Waals surface area contributed by atoms with Gasteiger partial charge in [-0.15, -0.1) is 0 Å². The van der Waals surface area contributed by atoms with Crippen molar-refractivity contribution < 1.29 is 4.42 Å². The summed E-state index contributed by atoms with van der Waals surface area (Å²) in [6, 6.07) is 53.1. The van der Waals surface area contributed by atoms with E-state index in [0.717, 1.165) is 89.4 Å². The smallest absolute Gasteiger partial charge is 0.299 e. The number of furan rings is 1. The van der Waals surface area contributed by atoms with Crippen LogP contribution in [0.15, 0.2) is 213 Å². The van der Waals surface area contributed by atoms with Gasteiger partial charge in [0.15, 0.2) is 0 Å². The monoisotopic (exact) mass is 762 g/mol. The van der Waals surface area contributed by atoms with Crippen molar-refractivity contribution in [2.45, 2.75) is 12.3 Å². The molecule has 0 saturated heterocycles. The third-order valence-corrected chi connectivity index (χ3v) is 12.1. The van der Waals surface area contributed by atoms with Gasteiger partial charge in [-0.3, -0.25) is 14.4 Å². The summed E-state index contributed by atoms with van der Waals surface area (Å²) in [6.07, 6.45) is 10.2. The van der Waals surface area contributed by atoms with Crippen LogP contribution in [0.4, 0.5) is 11.4 Å². The molecule has 8 aromatic rings. The topological polar surface area (TPSA) is 62.8 Å². The molecule has 282 valence electrons. The van der Waals surface area contributed by atoms with Crippen LogP contribution in [0, 0.1) is 0 Å². The first-order valence-corrected chi connectivity index (χ1v) is 19.9. The summed E-state index contributed by atoms with van der Waals surface area (Å²) in [5.74, 6) is 0.667. The van der Waals surface area contributed by atoms with Gasteiger partial charge in [0.05, 0.1) is 45.9 Å². The Bertz CT molecular complexity index is 3220. The van der Waals surface area contributed by atoms with Crippen molar-refractivity contribution in [1.82, 2.24) is 9.88 Å². The summed E-state index contributed by atoms with van der Waals surface area (Å²) in [4.78, 5) is 21.7. The lowest BCUT2D eigenvalue weighted by Gasteiger charge is -2.49. The number of fused-ring (bicyclic) bond motifs is 10. The summed E-state index contributed by atoms with van der Waals surface area (Å²) in [7, 11) is 0. The van der Waals surface area contributed by atoms with Gasteiger partial charge in [-0.25, -0.2) is 0 Å². The van der Waals surface area contributed by atoms with Crippen LogP contribution < -0.4 is 15.8 Å². The summed E-state index contributed by atoms with van der Waals surface area (Å²) in [6.45, 7) is 6.39. The second-order valence-corrected chi connectivity index (χ2v) is 15.1. The van der Waals surface area contributed by atoms with Crippen LogP contribution >= 0.6 is 0 Å². The van der Waals surface area contributed by atoms with E-state index in [-0.39, 0.29) is 5.56 Å². The van der Waals surface area contributed by atoms with Crippen LogP contribution in [0.5, 0.6) is 0 Å². The van der Waals surface area contributed by atoms with Crippen molar-refractivity contribution >= 4 is 40.0 Å². The molecule has 6 heteroatoms. The van der Waals surface area contributed by atoms with Gasteiger partial charge in [-0.05, 0) is 95.6 Å². The maximum Gasteiger partial charge on any atom is 0.299 e. The van der Waals surface area contributed by atoms with E-state index in [1.54, 1.807) is 0 Å². The van der Waals surface area contributed by atoms with Crippen LogP contribution in [0.2, 0.25) is 0 Å². The third kappa shape index (κ3) is 4.99. The number of aromatic nitrogens is 1. The Balaban J connectivity index is 1.25. The molecule has 5 heterocycles. The van der Waals surface area contributed by atoms with Gasteiger partial charge in [0.2, 0.25) is 5.58 Å². The number of nitrogens with one attached hydrogen (secondary N) is 1. The molecule has 11 rings (SSSR count). The molecule has 1 spiro atoms. The fourth-order valence-electron chi connectivity index (χ4n) is 9.58. The standard InChI is InChI=1S/C53H38N4O2/c1-3-4-24-44(54-2)45-29-28-37(33-55-45)56-46-25-13-11-21-40(46)53(43-31-36(27-30-48(43)56)34-16-7-5-8-17-34)41-22-12-14-26-47(41)57-50-38(20-15-23-42(50)53)39-32-49(59-51(39)52(57)58)35-18-9-6-10-19-35/h3-32,55H,2,33H2,1H3/b4-3-,44-24-. The zero-order valence-electron chi connectivity index (χ0n) is 32.4. The Morgan fingerprint density at radius 1 is 0.695 bits per heavy atom. The molecular weight excluding hydrogens is 725 g/mol. The summed E-state index contributed by atoms with van der Waals surface area (Å²) < 4.78 is 8.38. The Labute approximate surface area is 341 Å². The van der Waals surface area contributed by atoms with E-state index in [2.05, 4.69) is 143 Å².